The summed E-state index contributed by atoms with van der Waals surface area (Å²) >= 11 is 1.49. The molecule has 1 fully saturated rings. The lowest BCUT2D eigenvalue weighted by atomic mass is 10.1. The standard InChI is InChI=1S/C20H21F3O2S/c21-20(22,23)16-7-4-8-18(11-16)26-19-9-10-25-17(12-19)14-24-13-15-5-2-1-3-6-15/h1-8,11,17,19H,9-10,12-14H2. The third-order valence-electron chi connectivity index (χ3n) is 4.20. The molecule has 2 aromatic rings. The number of rotatable bonds is 6. The van der Waals surface area contributed by atoms with Gasteiger partial charge in [0.2, 0.25) is 0 Å². The Morgan fingerprint density at radius 3 is 2.65 bits per heavy atom. The second-order valence-electron chi connectivity index (χ2n) is 6.28. The zero-order chi connectivity index (χ0) is 18.4. The number of halogens is 3. The molecule has 0 bridgehead atoms. The van der Waals surface area contributed by atoms with Crippen LogP contribution in [0, 0.1) is 0 Å². The van der Waals surface area contributed by atoms with Crippen molar-refractivity contribution in [3.8, 4) is 0 Å². The lowest BCUT2D eigenvalue weighted by Crippen LogP contribution is -2.30. The van der Waals surface area contributed by atoms with Crippen molar-refractivity contribution in [2.75, 3.05) is 13.2 Å². The van der Waals surface area contributed by atoms with Crippen LogP contribution >= 0.6 is 11.8 Å². The molecule has 2 nitrogen and oxygen atoms in total. The van der Waals surface area contributed by atoms with E-state index in [1.807, 2.05) is 30.3 Å². The molecule has 6 heteroatoms. The second kappa shape index (κ2) is 8.93. The van der Waals surface area contributed by atoms with Gasteiger partial charge in [0.25, 0.3) is 0 Å². The summed E-state index contributed by atoms with van der Waals surface area (Å²) in [4.78, 5) is 0.649. The van der Waals surface area contributed by atoms with Gasteiger partial charge < -0.3 is 9.47 Å². The molecular formula is C20H21F3O2S. The number of hydrogen-bond acceptors (Lipinski definition) is 3. The Hall–Kier alpha value is -1.50. The maximum atomic E-state index is 12.8. The molecule has 0 spiro atoms. The van der Waals surface area contributed by atoms with E-state index in [9.17, 15) is 13.2 Å². The van der Waals surface area contributed by atoms with Crippen molar-refractivity contribution in [2.45, 2.75) is 41.9 Å². The predicted octanol–water partition coefficient (Wildman–Crippen LogP) is 5.56. The second-order valence-corrected chi connectivity index (χ2v) is 7.66. The molecule has 1 aliphatic heterocycles. The number of benzene rings is 2. The maximum absolute atomic E-state index is 12.8. The first-order valence-electron chi connectivity index (χ1n) is 8.58. The Labute approximate surface area is 155 Å². The molecule has 2 aromatic carbocycles. The van der Waals surface area contributed by atoms with Crippen molar-refractivity contribution in [2.24, 2.45) is 0 Å². The fraction of sp³-hybridized carbons (Fsp3) is 0.400. The van der Waals surface area contributed by atoms with Crippen LogP contribution in [0.2, 0.25) is 0 Å². The summed E-state index contributed by atoms with van der Waals surface area (Å²) in [5, 5.41) is 0.234. The summed E-state index contributed by atoms with van der Waals surface area (Å²) in [6.45, 7) is 1.64. The highest BCUT2D eigenvalue weighted by molar-refractivity contribution is 8.00. The number of alkyl halides is 3. The summed E-state index contributed by atoms with van der Waals surface area (Å²) in [7, 11) is 0. The lowest BCUT2D eigenvalue weighted by molar-refractivity contribution is -0.137. The van der Waals surface area contributed by atoms with Gasteiger partial charge in [-0.3, -0.25) is 0 Å². The fourth-order valence-electron chi connectivity index (χ4n) is 2.89. The minimum absolute atomic E-state index is 0.0178. The molecule has 2 unspecified atom stereocenters. The van der Waals surface area contributed by atoms with Gasteiger partial charge >= 0.3 is 6.18 Å². The average Bonchev–Trinajstić information content (AvgIpc) is 2.63. The first-order valence-corrected chi connectivity index (χ1v) is 9.46. The van der Waals surface area contributed by atoms with Gasteiger partial charge in [-0.2, -0.15) is 13.2 Å². The van der Waals surface area contributed by atoms with Crippen LogP contribution in [-0.2, 0) is 22.3 Å². The smallest absolute Gasteiger partial charge is 0.376 e. The molecule has 1 aliphatic rings. The molecule has 0 aliphatic carbocycles. The van der Waals surface area contributed by atoms with Crippen LogP contribution in [0.1, 0.15) is 24.0 Å². The van der Waals surface area contributed by atoms with Crippen molar-refractivity contribution in [3.63, 3.8) is 0 Å². The number of thioether (sulfide) groups is 1. The van der Waals surface area contributed by atoms with E-state index in [2.05, 4.69) is 0 Å². The van der Waals surface area contributed by atoms with E-state index in [0.29, 0.717) is 24.7 Å². The van der Waals surface area contributed by atoms with Crippen molar-refractivity contribution in [3.05, 3.63) is 65.7 Å². The summed E-state index contributed by atoms with van der Waals surface area (Å²) in [6.07, 6.45) is -2.72. The first kappa shape index (κ1) is 19.3. The van der Waals surface area contributed by atoms with E-state index in [4.69, 9.17) is 9.47 Å². The fourth-order valence-corrected chi connectivity index (χ4v) is 4.15. The summed E-state index contributed by atoms with van der Waals surface area (Å²) in [5.74, 6) is 0. The van der Waals surface area contributed by atoms with Crippen molar-refractivity contribution in [1.82, 2.24) is 0 Å². The molecule has 0 aromatic heterocycles. The Morgan fingerprint density at radius 2 is 1.88 bits per heavy atom. The van der Waals surface area contributed by atoms with Crippen LogP contribution in [0.4, 0.5) is 13.2 Å². The third kappa shape index (κ3) is 5.76. The summed E-state index contributed by atoms with van der Waals surface area (Å²) < 4.78 is 50.0. The van der Waals surface area contributed by atoms with E-state index >= 15 is 0 Å². The highest BCUT2D eigenvalue weighted by Gasteiger charge is 2.31. The van der Waals surface area contributed by atoms with E-state index in [1.54, 1.807) is 6.07 Å². The van der Waals surface area contributed by atoms with Gasteiger partial charge in [0.05, 0.1) is 24.9 Å². The Kier molecular flexibility index (Phi) is 6.62. The highest BCUT2D eigenvalue weighted by atomic mass is 32.2. The van der Waals surface area contributed by atoms with Crippen LogP contribution in [0.15, 0.2) is 59.5 Å². The minimum atomic E-state index is -4.31. The molecule has 1 heterocycles. The van der Waals surface area contributed by atoms with Crippen molar-refractivity contribution in [1.29, 1.82) is 0 Å². The van der Waals surface area contributed by atoms with Gasteiger partial charge in [0.15, 0.2) is 0 Å². The predicted molar refractivity (Wildman–Crippen MR) is 96.2 cm³/mol. The molecule has 2 atom stereocenters. The van der Waals surface area contributed by atoms with Crippen LogP contribution < -0.4 is 0 Å². The van der Waals surface area contributed by atoms with Gasteiger partial charge in [0.1, 0.15) is 0 Å². The molecule has 3 rings (SSSR count). The van der Waals surface area contributed by atoms with Crippen molar-refractivity contribution < 1.29 is 22.6 Å². The van der Waals surface area contributed by atoms with Gasteiger partial charge in [-0.1, -0.05) is 36.4 Å². The Balaban J connectivity index is 1.49. The maximum Gasteiger partial charge on any atom is 0.416 e. The number of hydrogen-bond donors (Lipinski definition) is 0. The molecular weight excluding hydrogens is 361 g/mol. The van der Waals surface area contributed by atoms with Crippen LogP contribution in [0.3, 0.4) is 0 Å². The first-order chi connectivity index (χ1) is 12.5. The zero-order valence-corrected chi connectivity index (χ0v) is 15.1. The average molecular weight is 382 g/mol. The zero-order valence-electron chi connectivity index (χ0n) is 14.2. The third-order valence-corrected chi connectivity index (χ3v) is 5.49. The Morgan fingerprint density at radius 1 is 1.08 bits per heavy atom. The van der Waals surface area contributed by atoms with Crippen LogP contribution in [0.25, 0.3) is 0 Å². The molecule has 26 heavy (non-hydrogen) atoms. The normalized spacial score (nSPS) is 20.9. The van der Waals surface area contributed by atoms with Gasteiger partial charge in [-0.25, -0.2) is 0 Å². The van der Waals surface area contributed by atoms with Gasteiger partial charge in [-0.15, -0.1) is 11.8 Å². The van der Waals surface area contributed by atoms with E-state index in [1.165, 1.54) is 23.9 Å². The molecule has 140 valence electrons. The minimum Gasteiger partial charge on any atom is -0.376 e. The van der Waals surface area contributed by atoms with Crippen LogP contribution in [0.5, 0.6) is 0 Å². The van der Waals surface area contributed by atoms with Gasteiger partial charge in [0, 0.05) is 16.8 Å². The molecule has 0 N–H and O–H groups in total. The Bertz CT molecular complexity index is 691. The monoisotopic (exact) mass is 382 g/mol. The summed E-state index contributed by atoms with van der Waals surface area (Å²) in [5.41, 5.74) is 0.510. The van der Waals surface area contributed by atoms with Crippen LogP contribution in [-0.4, -0.2) is 24.6 Å². The summed E-state index contributed by atoms with van der Waals surface area (Å²) in [6, 6.07) is 15.4. The van der Waals surface area contributed by atoms with E-state index < -0.39 is 11.7 Å². The molecule has 0 saturated carbocycles. The number of ether oxygens (including phenoxy) is 2. The lowest BCUT2D eigenvalue weighted by Gasteiger charge is -2.29. The topological polar surface area (TPSA) is 18.5 Å². The van der Waals surface area contributed by atoms with E-state index in [-0.39, 0.29) is 11.4 Å². The van der Waals surface area contributed by atoms with Gasteiger partial charge in [-0.05, 0) is 36.6 Å². The largest absolute Gasteiger partial charge is 0.416 e. The molecule has 1 saturated heterocycles. The van der Waals surface area contributed by atoms with Crippen molar-refractivity contribution >= 4 is 11.8 Å². The highest BCUT2D eigenvalue weighted by Crippen LogP contribution is 2.36. The molecule has 0 amide bonds. The van der Waals surface area contributed by atoms with E-state index in [0.717, 1.165) is 24.5 Å². The SMILES string of the molecule is FC(F)(F)c1cccc(SC2CCOC(COCc3ccccc3)C2)c1. The molecule has 0 radical (unpaired) electrons. The quantitative estimate of drug-likeness (QED) is 0.651.